The Hall–Kier alpha value is -1.64. The van der Waals surface area contributed by atoms with Gasteiger partial charge in [0.05, 0.1) is 12.9 Å². The zero-order valence-electron chi connectivity index (χ0n) is 11.0. The van der Waals surface area contributed by atoms with Crippen LogP contribution in [-0.2, 0) is 4.74 Å². The minimum Gasteiger partial charge on any atom is -0.460 e. The molecule has 4 N–H and O–H groups in total. The van der Waals surface area contributed by atoms with Gasteiger partial charge < -0.3 is 34.3 Å². The van der Waals surface area contributed by atoms with E-state index in [9.17, 15) is 15.3 Å². The molecule has 2 heterocycles. The van der Waals surface area contributed by atoms with Crippen LogP contribution in [0.3, 0.4) is 0 Å². The van der Waals surface area contributed by atoms with Gasteiger partial charge in [-0.3, -0.25) is 0 Å². The van der Waals surface area contributed by atoms with Crippen molar-refractivity contribution in [3.63, 3.8) is 0 Å². The first kappa shape index (κ1) is 14.3. The molecule has 1 fully saturated rings. The molecule has 1 aliphatic rings. The molecule has 0 amide bonds. The van der Waals surface area contributed by atoms with Crippen molar-refractivity contribution in [3.05, 3.63) is 30.5 Å². The van der Waals surface area contributed by atoms with Gasteiger partial charge in [0.25, 0.3) is 0 Å². The molecule has 1 aromatic heterocycles. The first-order valence-electron chi connectivity index (χ1n) is 6.55. The Morgan fingerprint density at radius 2 is 1.86 bits per heavy atom. The Labute approximate surface area is 119 Å². The summed E-state index contributed by atoms with van der Waals surface area (Å²) in [6.45, 7) is -0.504. The van der Waals surface area contributed by atoms with Crippen molar-refractivity contribution in [1.82, 2.24) is 0 Å². The quantitative estimate of drug-likeness (QED) is 0.610. The molecule has 7 nitrogen and oxygen atoms in total. The largest absolute Gasteiger partial charge is 0.460 e. The first-order valence-corrected chi connectivity index (χ1v) is 6.55. The number of aliphatic hydroxyl groups excluding tert-OH is 4. The Morgan fingerprint density at radius 3 is 2.62 bits per heavy atom. The van der Waals surface area contributed by atoms with Gasteiger partial charge in [0.2, 0.25) is 6.29 Å². The molecule has 114 valence electrons. The molecular formula is C14H16O7. The summed E-state index contributed by atoms with van der Waals surface area (Å²) in [4.78, 5) is 0. The molecule has 5 atom stereocenters. The van der Waals surface area contributed by atoms with Gasteiger partial charge in [-0.1, -0.05) is 12.1 Å². The molecule has 0 radical (unpaired) electrons. The van der Waals surface area contributed by atoms with Crippen molar-refractivity contribution in [3.8, 4) is 5.75 Å². The SMILES string of the molecule is OC[C@H]1O[C@H](Oc2cccc3ccoc23)[C@H](O)[C@@H](O)[C@@H]1O. The number of furan rings is 1. The highest BCUT2D eigenvalue weighted by Gasteiger charge is 2.44. The minimum atomic E-state index is -1.48. The van der Waals surface area contributed by atoms with E-state index < -0.39 is 37.3 Å². The van der Waals surface area contributed by atoms with E-state index in [-0.39, 0.29) is 0 Å². The molecule has 1 aromatic carbocycles. The van der Waals surface area contributed by atoms with Gasteiger partial charge in [-0.2, -0.15) is 0 Å². The zero-order valence-corrected chi connectivity index (χ0v) is 11.0. The van der Waals surface area contributed by atoms with Crippen molar-refractivity contribution in [2.24, 2.45) is 0 Å². The second kappa shape index (κ2) is 5.63. The molecule has 0 spiro atoms. The van der Waals surface area contributed by atoms with Gasteiger partial charge in [0.1, 0.15) is 24.4 Å². The van der Waals surface area contributed by atoms with Gasteiger partial charge in [-0.25, -0.2) is 0 Å². The summed E-state index contributed by atoms with van der Waals surface area (Å²) in [6, 6.07) is 6.97. The maximum absolute atomic E-state index is 9.93. The number of hydrogen-bond donors (Lipinski definition) is 4. The molecule has 0 unspecified atom stereocenters. The maximum atomic E-state index is 9.93. The number of aliphatic hydroxyl groups is 4. The predicted molar refractivity (Wildman–Crippen MR) is 70.6 cm³/mol. The topological polar surface area (TPSA) is 113 Å². The molecule has 1 saturated heterocycles. The van der Waals surface area contributed by atoms with Crippen LogP contribution in [0, 0.1) is 0 Å². The zero-order chi connectivity index (χ0) is 15.0. The van der Waals surface area contributed by atoms with E-state index in [1.165, 1.54) is 6.26 Å². The molecule has 0 bridgehead atoms. The van der Waals surface area contributed by atoms with Crippen molar-refractivity contribution < 1.29 is 34.3 Å². The van der Waals surface area contributed by atoms with Crippen LogP contribution in [0.5, 0.6) is 5.75 Å². The summed E-state index contributed by atoms with van der Waals surface area (Å²) in [6.07, 6.45) is -5.07. The Balaban J connectivity index is 1.85. The molecule has 0 saturated carbocycles. The Kier molecular flexibility index (Phi) is 3.83. The summed E-state index contributed by atoms with van der Waals surface area (Å²) in [5, 5.41) is 39.3. The van der Waals surface area contributed by atoms with E-state index in [1.807, 2.05) is 6.07 Å². The van der Waals surface area contributed by atoms with Crippen LogP contribution in [0.4, 0.5) is 0 Å². The number of benzene rings is 1. The normalized spacial score (nSPS) is 33.2. The Bertz CT molecular complexity index is 608. The van der Waals surface area contributed by atoms with Gasteiger partial charge in [0, 0.05) is 5.39 Å². The second-order valence-corrected chi connectivity index (χ2v) is 4.91. The minimum absolute atomic E-state index is 0.335. The van der Waals surface area contributed by atoms with E-state index >= 15 is 0 Å². The van der Waals surface area contributed by atoms with Crippen LogP contribution in [-0.4, -0.2) is 57.7 Å². The smallest absolute Gasteiger partial charge is 0.229 e. The summed E-state index contributed by atoms with van der Waals surface area (Å²) >= 11 is 0. The number of fused-ring (bicyclic) bond motifs is 1. The molecule has 1 aliphatic heterocycles. The van der Waals surface area contributed by atoms with Crippen LogP contribution in [0.15, 0.2) is 34.9 Å². The number of hydrogen-bond acceptors (Lipinski definition) is 7. The van der Waals surface area contributed by atoms with E-state index in [0.29, 0.717) is 11.3 Å². The fourth-order valence-electron chi connectivity index (χ4n) is 2.35. The van der Waals surface area contributed by atoms with E-state index in [4.69, 9.17) is 19.0 Å². The lowest BCUT2D eigenvalue weighted by molar-refractivity contribution is -0.277. The summed E-state index contributed by atoms with van der Waals surface area (Å²) in [5.41, 5.74) is 0.481. The summed E-state index contributed by atoms with van der Waals surface area (Å²) < 4.78 is 16.1. The van der Waals surface area contributed by atoms with Crippen molar-refractivity contribution in [2.45, 2.75) is 30.7 Å². The average Bonchev–Trinajstić information content (AvgIpc) is 2.97. The van der Waals surface area contributed by atoms with Crippen molar-refractivity contribution in [2.75, 3.05) is 6.61 Å². The van der Waals surface area contributed by atoms with Crippen LogP contribution in [0.2, 0.25) is 0 Å². The molecule has 0 aliphatic carbocycles. The molecule has 21 heavy (non-hydrogen) atoms. The lowest BCUT2D eigenvalue weighted by atomic mass is 9.99. The molecule has 7 heteroatoms. The van der Waals surface area contributed by atoms with Crippen molar-refractivity contribution in [1.29, 1.82) is 0 Å². The summed E-state index contributed by atoms with van der Waals surface area (Å²) in [7, 11) is 0. The first-order chi connectivity index (χ1) is 10.1. The highest BCUT2D eigenvalue weighted by atomic mass is 16.7. The second-order valence-electron chi connectivity index (χ2n) is 4.91. The van der Waals surface area contributed by atoms with Crippen LogP contribution in [0.25, 0.3) is 11.0 Å². The highest BCUT2D eigenvalue weighted by molar-refractivity contribution is 5.82. The van der Waals surface area contributed by atoms with E-state index in [1.54, 1.807) is 18.2 Å². The number of ether oxygens (including phenoxy) is 2. The lowest BCUT2D eigenvalue weighted by Crippen LogP contribution is -2.60. The van der Waals surface area contributed by atoms with Gasteiger partial charge in [0.15, 0.2) is 11.3 Å². The van der Waals surface area contributed by atoms with E-state index in [0.717, 1.165) is 5.39 Å². The number of para-hydroxylation sites is 1. The maximum Gasteiger partial charge on any atom is 0.229 e. The predicted octanol–water partition coefficient (Wildman–Crippen LogP) is -0.388. The fourth-order valence-corrected chi connectivity index (χ4v) is 2.35. The average molecular weight is 296 g/mol. The third-order valence-electron chi connectivity index (χ3n) is 3.53. The van der Waals surface area contributed by atoms with Crippen LogP contribution < -0.4 is 4.74 Å². The van der Waals surface area contributed by atoms with Crippen LogP contribution >= 0.6 is 0 Å². The number of rotatable bonds is 3. The van der Waals surface area contributed by atoms with Gasteiger partial charge in [-0.05, 0) is 12.1 Å². The van der Waals surface area contributed by atoms with E-state index in [2.05, 4.69) is 0 Å². The third kappa shape index (κ3) is 2.50. The third-order valence-corrected chi connectivity index (χ3v) is 3.53. The standard InChI is InChI=1S/C14H16O7/c15-6-9-10(16)11(17)12(18)14(21-9)20-8-3-1-2-7-4-5-19-13(7)8/h1-5,9-12,14-18H,6H2/t9-,10-,11+,12-,14+/m1/s1. The molecule has 2 aromatic rings. The lowest BCUT2D eigenvalue weighted by Gasteiger charge is -2.39. The fraction of sp³-hybridized carbons (Fsp3) is 0.429. The van der Waals surface area contributed by atoms with Gasteiger partial charge in [-0.15, -0.1) is 0 Å². The van der Waals surface area contributed by atoms with Crippen molar-refractivity contribution >= 4 is 11.0 Å². The monoisotopic (exact) mass is 296 g/mol. The molecule has 3 rings (SSSR count). The Morgan fingerprint density at radius 1 is 1.05 bits per heavy atom. The molecular weight excluding hydrogens is 280 g/mol. The van der Waals surface area contributed by atoms with Gasteiger partial charge >= 0.3 is 0 Å². The highest BCUT2D eigenvalue weighted by Crippen LogP contribution is 2.30. The summed E-state index contributed by atoms with van der Waals surface area (Å²) in [5.74, 6) is 0.335. The van der Waals surface area contributed by atoms with Crippen LogP contribution in [0.1, 0.15) is 0 Å².